The van der Waals surface area contributed by atoms with Gasteiger partial charge in [0, 0.05) is 23.3 Å². The highest BCUT2D eigenvalue weighted by Crippen LogP contribution is 2.32. The van der Waals surface area contributed by atoms with E-state index in [4.69, 9.17) is 0 Å². The van der Waals surface area contributed by atoms with Gasteiger partial charge >= 0.3 is 11.7 Å². The van der Waals surface area contributed by atoms with E-state index in [2.05, 4.69) is 20.9 Å². The van der Waals surface area contributed by atoms with Gasteiger partial charge in [0.15, 0.2) is 0 Å². The average molecular weight is 330 g/mol. The molecule has 19 heavy (non-hydrogen) atoms. The molecule has 2 rings (SSSR count). The van der Waals surface area contributed by atoms with E-state index in [0.29, 0.717) is 17.4 Å². The van der Waals surface area contributed by atoms with Crippen LogP contribution in [0.1, 0.15) is 19.3 Å². The molecule has 1 saturated heterocycles. The Labute approximate surface area is 117 Å². The number of nitrogens with zero attached hydrogens (tertiary/aromatic N) is 3. The molecule has 8 heteroatoms. The van der Waals surface area contributed by atoms with Gasteiger partial charge in [-0.2, -0.15) is 0 Å². The molecule has 1 N–H and O–H groups in total. The quantitative estimate of drug-likeness (QED) is 0.674. The molecule has 1 aromatic rings. The lowest BCUT2D eigenvalue weighted by atomic mass is 10.0. The minimum Gasteiger partial charge on any atom is -0.480 e. The molecule has 2 heterocycles. The van der Waals surface area contributed by atoms with Crippen LogP contribution in [0.25, 0.3) is 0 Å². The standard InChI is InChI=1S/C11H12BrN3O4/c12-7-5-9(15(18)19)10(13-6-7)14-4-2-1-3-8(14)11(16)17/h5-6,8H,1-4H2,(H,16,17). The second-order valence-corrected chi connectivity index (χ2v) is 5.21. The van der Waals surface area contributed by atoms with Crippen LogP contribution in [0.15, 0.2) is 16.7 Å². The fraction of sp³-hybridized carbons (Fsp3) is 0.455. The number of pyridine rings is 1. The number of aliphatic carboxylic acids is 1. The van der Waals surface area contributed by atoms with Crippen molar-refractivity contribution in [1.29, 1.82) is 0 Å². The largest absolute Gasteiger partial charge is 0.480 e. The summed E-state index contributed by atoms with van der Waals surface area (Å²) in [6.45, 7) is 0.465. The summed E-state index contributed by atoms with van der Waals surface area (Å²) in [6.07, 6.45) is 3.52. The van der Waals surface area contributed by atoms with E-state index in [1.165, 1.54) is 17.2 Å². The first-order valence-electron chi connectivity index (χ1n) is 5.80. The molecule has 1 fully saturated rings. The van der Waals surface area contributed by atoms with Gasteiger partial charge < -0.3 is 10.0 Å². The zero-order valence-electron chi connectivity index (χ0n) is 9.95. The SMILES string of the molecule is O=C(O)C1CCCCN1c1ncc(Br)cc1[N+](=O)[O-]. The molecule has 0 aliphatic carbocycles. The van der Waals surface area contributed by atoms with Crippen molar-refractivity contribution in [3.05, 3.63) is 26.9 Å². The lowest BCUT2D eigenvalue weighted by molar-refractivity contribution is -0.384. The fourth-order valence-electron chi connectivity index (χ4n) is 2.22. The number of carboxylic acid groups (broad SMARTS) is 1. The van der Waals surface area contributed by atoms with E-state index in [9.17, 15) is 20.0 Å². The number of piperidine rings is 1. The molecule has 1 aliphatic rings. The van der Waals surface area contributed by atoms with Crippen molar-refractivity contribution in [2.24, 2.45) is 0 Å². The molecule has 1 aromatic heterocycles. The van der Waals surface area contributed by atoms with Gasteiger partial charge in [-0.15, -0.1) is 0 Å². The van der Waals surface area contributed by atoms with Crippen LogP contribution in [-0.2, 0) is 4.79 Å². The molecule has 102 valence electrons. The van der Waals surface area contributed by atoms with Crippen LogP contribution in [0.3, 0.4) is 0 Å². The number of carbonyl (C=O) groups is 1. The Hall–Kier alpha value is -1.70. The van der Waals surface area contributed by atoms with Gasteiger partial charge in [0.2, 0.25) is 5.82 Å². The van der Waals surface area contributed by atoms with Crippen LogP contribution in [0.4, 0.5) is 11.5 Å². The highest BCUT2D eigenvalue weighted by molar-refractivity contribution is 9.10. The average Bonchev–Trinajstić information content (AvgIpc) is 2.38. The van der Waals surface area contributed by atoms with Crippen molar-refractivity contribution >= 4 is 33.4 Å². The molecule has 1 aliphatic heterocycles. The third kappa shape index (κ3) is 2.83. The normalized spacial score (nSPS) is 19.2. The summed E-state index contributed by atoms with van der Waals surface area (Å²) >= 11 is 3.13. The number of carboxylic acids is 1. The number of hydrogen-bond donors (Lipinski definition) is 1. The van der Waals surface area contributed by atoms with E-state index in [1.807, 2.05) is 0 Å². The predicted molar refractivity (Wildman–Crippen MR) is 71.2 cm³/mol. The van der Waals surface area contributed by atoms with E-state index in [1.54, 1.807) is 0 Å². The first-order chi connectivity index (χ1) is 9.00. The van der Waals surface area contributed by atoms with E-state index >= 15 is 0 Å². The monoisotopic (exact) mass is 329 g/mol. The maximum Gasteiger partial charge on any atom is 0.326 e. The summed E-state index contributed by atoms with van der Waals surface area (Å²) in [6, 6.07) is 0.594. The third-order valence-corrected chi connectivity index (χ3v) is 3.50. The summed E-state index contributed by atoms with van der Waals surface area (Å²) in [5, 5.41) is 20.3. The van der Waals surface area contributed by atoms with Crippen molar-refractivity contribution in [3.63, 3.8) is 0 Å². The van der Waals surface area contributed by atoms with Gasteiger partial charge in [0.25, 0.3) is 0 Å². The van der Waals surface area contributed by atoms with Crippen LogP contribution in [-0.4, -0.2) is 33.6 Å². The zero-order valence-corrected chi connectivity index (χ0v) is 11.5. The van der Waals surface area contributed by atoms with Gasteiger partial charge in [-0.1, -0.05) is 0 Å². The Bertz CT molecular complexity index is 523. The molecule has 1 atom stereocenters. The maximum absolute atomic E-state index is 11.2. The molecule has 0 saturated carbocycles. The third-order valence-electron chi connectivity index (χ3n) is 3.07. The predicted octanol–water partition coefficient (Wildman–Crippen LogP) is 2.20. The Balaban J connectivity index is 2.44. The van der Waals surface area contributed by atoms with Crippen LogP contribution >= 0.6 is 15.9 Å². The van der Waals surface area contributed by atoms with Crippen LogP contribution in [0, 0.1) is 10.1 Å². The summed E-state index contributed by atoms with van der Waals surface area (Å²) < 4.78 is 0.492. The highest BCUT2D eigenvalue weighted by atomic mass is 79.9. The summed E-state index contributed by atoms with van der Waals surface area (Å²) in [4.78, 5) is 27.3. The molecule has 0 amide bonds. The van der Waals surface area contributed by atoms with Gasteiger partial charge in [0.05, 0.1) is 4.92 Å². The molecular formula is C11H12BrN3O4. The maximum atomic E-state index is 11.2. The van der Waals surface area contributed by atoms with Gasteiger partial charge in [-0.3, -0.25) is 10.1 Å². The molecular weight excluding hydrogens is 318 g/mol. The number of anilines is 1. The van der Waals surface area contributed by atoms with Gasteiger partial charge in [-0.05, 0) is 35.2 Å². The second kappa shape index (κ2) is 5.52. The summed E-state index contributed by atoms with van der Waals surface area (Å²) in [5.41, 5.74) is -0.178. The molecule has 0 spiro atoms. The van der Waals surface area contributed by atoms with Crippen molar-refractivity contribution in [1.82, 2.24) is 4.98 Å². The number of halogens is 1. The Morgan fingerprint density at radius 3 is 2.95 bits per heavy atom. The van der Waals surface area contributed by atoms with Crippen molar-refractivity contribution in [3.8, 4) is 0 Å². The topological polar surface area (TPSA) is 96.6 Å². The van der Waals surface area contributed by atoms with Crippen LogP contribution in [0.5, 0.6) is 0 Å². The lowest BCUT2D eigenvalue weighted by Gasteiger charge is -2.33. The highest BCUT2D eigenvalue weighted by Gasteiger charge is 2.33. The number of hydrogen-bond acceptors (Lipinski definition) is 5. The first kappa shape index (κ1) is 13.7. The Kier molecular flexibility index (Phi) is 3.98. The van der Waals surface area contributed by atoms with E-state index in [-0.39, 0.29) is 11.5 Å². The van der Waals surface area contributed by atoms with Crippen molar-refractivity contribution < 1.29 is 14.8 Å². The minimum atomic E-state index is -0.973. The van der Waals surface area contributed by atoms with Crippen molar-refractivity contribution in [2.75, 3.05) is 11.4 Å². The Morgan fingerprint density at radius 2 is 2.32 bits per heavy atom. The van der Waals surface area contributed by atoms with Crippen LogP contribution in [0.2, 0.25) is 0 Å². The lowest BCUT2D eigenvalue weighted by Crippen LogP contribution is -2.45. The Morgan fingerprint density at radius 1 is 1.58 bits per heavy atom. The number of nitro groups is 1. The second-order valence-electron chi connectivity index (χ2n) is 4.30. The summed E-state index contributed by atoms with van der Waals surface area (Å²) in [5.74, 6) is -0.848. The smallest absolute Gasteiger partial charge is 0.326 e. The molecule has 0 radical (unpaired) electrons. The minimum absolute atomic E-state index is 0.125. The van der Waals surface area contributed by atoms with Gasteiger partial charge in [0.1, 0.15) is 6.04 Å². The molecule has 1 unspecified atom stereocenters. The van der Waals surface area contributed by atoms with E-state index in [0.717, 1.165) is 12.8 Å². The van der Waals surface area contributed by atoms with E-state index < -0.39 is 16.9 Å². The van der Waals surface area contributed by atoms with Crippen LogP contribution < -0.4 is 4.90 Å². The zero-order chi connectivity index (χ0) is 14.0. The summed E-state index contributed by atoms with van der Waals surface area (Å²) in [7, 11) is 0. The number of rotatable bonds is 3. The molecule has 0 bridgehead atoms. The first-order valence-corrected chi connectivity index (χ1v) is 6.59. The molecule has 7 nitrogen and oxygen atoms in total. The van der Waals surface area contributed by atoms with Crippen molar-refractivity contribution in [2.45, 2.75) is 25.3 Å². The fourth-order valence-corrected chi connectivity index (χ4v) is 2.54. The number of aromatic nitrogens is 1. The molecule has 0 aromatic carbocycles. The van der Waals surface area contributed by atoms with Gasteiger partial charge in [-0.25, -0.2) is 9.78 Å².